The van der Waals surface area contributed by atoms with Crippen LogP contribution in [0.3, 0.4) is 0 Å². The van der Waals surface area contributed by atoms with E-state index < -0.39 is 53.4 Å². The molecule has 0 aromatic heterocycles. The summed E-state index contributed by atoms with van der Waals surface area (Å²) >= 11 is 0. The molecule has 2 aromatic rings. The van der Waals surface area contributed by atoms with Gasteiger partial charge in [0.25, 0.3) is 0 Å². The second-order valence-electron chi connectivity index (χ2n) is 15.4. The maximum atomic E-state index is 13.6. The molecule has 4 bridgehead atoms. The molecular weight excluding hydrogens is 625 g/mol. The molecule has 246 valence electrons. The molecule has 4 saturated carbocycles. The first kappa shape index (κ1) is 33.0. The largest absolute Gasteiger partial charge is 0.748 e. The Labute approximate surface area is 271 Å². The van der Waals surface area contributed by atoms with E-state index in [1.807, 2.05) is 102 Å². The number of fused-ring (bicyclic) bond motifs is 4. The molecule has 2 aromatic carbocycles. The lowest BCUT2D eigenvalue weighted by atomic mass is 9.70. The van der Waals surface area contributed by atoms with Gasteiger partial charge in [-0.3, -0.25) is 9.59 Å². The van der Waals surface area contributed by atoms with E-state index in [0.717, 1.165) is 22.3 Å². The van der Waals surface area contributed by atoms with Crippen molar-refractivity contribution in [2.24, 2.45) is 45.3 Å². The molecular formula is C36H40O8S2-2. The van der Waals surface area contributed by atoms with E-state index in [4.69, 9.17) is 0 Å². The van der Waals surface area contributed by atoms with Crippen LogP contribution >= 0.6 is 0 Å². The van der Waals surface area contributed by atoms with Gasteiger partial charge in [0.2, 0.25) is 0 Å². The van der Waals surface area contributed by atoms with Crippen LogP contribution in [0, 0.1) is 45.3 Å². The van der Waals surface area contributed by atoms with Gasteiger partial charge in [0, 0.05) is 11.1 Å². The number of allylic oxidation sites excluding steroid dienone is 2. The first-order valence-corrected chi connectivity index (χ1v) is 18.9. The third-order valence-corrected chi connectivity index (χ3v) is 13.9. The molecule has 0 aliphatic heterocycles. The van der Waals surface area contributed by atoms with Crippen molar-refractivity contribution in [1.29, 1.82) is 0 Å². The van der Waals surface area contributed by atoms with Crippen molar-refractivity contribution in [3.63, 3.8) is 0 Å². The standard InChI is InChI=1S/C36H42O8S2/c1-21-17-35(19-45(39,40)41)31(37)27(29(21)33(35,3)4)15-23-7-11-25(12-8-23)26-13-9-24(10-14-26)16-28-30-22(2)18-36(32(28)38,34(30,5)6)20-46(42,43)44/h7-16,21-22,29-30H,17-20H2,1-6H3,(H,39,40,41)(H,42,43,44)/p-2/b27-15-,28-16+. The molecule has 4 fully saturated rings. The summed E-state index contributed by atoms with van der Waals surface area (Å²) in [5, 5.41) is 0. The highest BCUT2D eigenvalue weighted by Crippen LogP contribution is 2.69. The molecule has 46 heavy (non-hydrogen) atoms. The van der Waals surface area contributed by atoms with Gasteiger partial charge in [-0.2, -0.15) is 0 Å². The fraction of sp³-hybridized carbons (Fsp3) is 0.500. The highest BCUT2D eigenvalue weighted by atomic mass is 32.2. The topological polar surface area (TPSA) is 149 Å². The van der Waals surface area contributed by atoms with Gasteiger partial charge >= 0.3 is 0 Å². The van der Waals surface area contributed by atoms with Crippen LogP contribution in [0.4, 0.5) is 0 Å². The summed E-state index contributed by atoms with van der Waals surface area (Å²) in [6.45, 7) is 11.6. The van der Waals surface area contributed by atoms with Crippen LogP contribution in [-0.2, 0) is 29.8 Å². The lowest BCUT2D eigenvalue weighted by molar-refractivity contribution is -0.126. The van der Waals surface area contributed by atoms with Gasteiger partial charge in [0.1, 0.15) is 0 Å². The lowest BCUT2D eigenvalue weighted by Gasteiger charge is -2.36. The van der Waals surface area contributed by atoms with Crippen molar-refractivity contribution in [2.75, 3.05) is 11.5 Å². The number of benzene rings is 2. The van der Waals surface area contributed by atoms with E-state index in [2.05, 4.69) is 0 Å². The number of hydrogen-bond acceptors (Lipinski definition) is 8. The third-order valence-electron chi connectivity index (χ3n) is 12.2. The molecule has 4 aliphatic carbocycles. The molecule has 4 aliphatic rings. The van der Waals surface area contributed by atoms with Gasteiger partial charge in [0.05, 0.1) is 42.6 Å². The second kappa shape index (κ2) is 10.3. The van der Waals surface area contributed by atoms with Crippen molar-refractivity contribution in [2.45, 2.75) is 54.4 Å². The monoisotopic (exact) mass is 664 g/mol. The molecule has 0 heterocycles. The molecule has 0 radical (unpaired) electrons. The smallest absolute Gasteiger partial charge is 0.166 e. The summed E-state index contributed by atoms with van der Waals surface area (Å²) < 4.78 is 70.9. The van der Waals surface area contributed by atoms with Crippen LogP contribution in [0.15, 0.2) is 59.7 Å². The molecule has 0 amide bonds. The quantitative estimate of drug-likeness (QED) is 0.270. The zero-order valence-electron chi connectivity index (χ0n) is 27.0. The van der Waals surface area contributed by atoms with E-state index >= 15 is 0 Å². The van der Waals surface area contributed by atoms with Gasteiger partial charge in [-0.25, -0.2) is 16.8 Å². The first-order valence-electron chi connectivity index (χ1n) is 15.7. The van der Waals surface area contributed by atoms with E-state index in [1.54, 1.807) is 0 Å². The average molecular weight is 665 g/mol. The summed E-state index contributed by atoms with van der Waals surface area (Å²) in [6.07, 6.45) is 4.45. The molecule has 0 spiro atoms. The molecule has 0 N–H and O–H groups in total. The van der Waals surface area contributed by atoms with Crippen LogP contribution in [0.5, 0.6) is 0 Å². The minimum absolute atomic E-state index is 0.0719. The van der Waals surface area contributed by atoms with E-state index in [9.17, 15) is 35.5 Å². The summed E-state index contributed by atoms with van der Waals surface area (Å²) in [4.78, 5) is 27.3. The number of hydrogen-bond donors (Lipinski definition) is 0. The van der Waals surface area contributed by atoms with Crippen LogP contribution in [0.2, 0.25) is 0 Å². The molecule has 8 nitrogen and oxygen atoms in total. The first-order chi connectivity index (χ1) is 21.1. The van der Waals surface area contributed by atoms with Gasteiger partial charge in [0.15, 0.2) is 11.6 Å². The number of carbonyl (C=O) groups excluding carboxylic acids is 2. The summed E-state index contributed by atoms with van der Waals surface area (Å²) in [5.74, 6) is -1.96. The van der Waals surface area contributed by atoms with Gasteiger partial charge in [-0.05, 0) is 81.7 Å². The highest BCUT2D eigenvalue weighted by molar-refractivity contribution is 7.86. The fourth-order valence-electron chi connectivity index (χ4n) is 10.3. The predicted molar refractivity (Wildman–Crippen MR) is 174 cm³/mol. The maximum absolute atomic E-state index is 13.6. The average Bonchev–Trinajstić information content (AvgIpc) is 3.36. The van der Waals surface area contributed by atoms with Gasteiger partial charge in [-0.15, -0.1) is 0 Å². The Hall–Kier alpha value is -2.92. The minimum Gasteiger partial charge on any atom is -0.748 e. The van der Waals surface area contributed by atoms with Crippen LogP contribution < -0.4 is 0 Å². The number of rotatable bonds is 7. The minimum atomic E-state index is -4.60. The maximum Gasteiger partial charge on any atom is 0.166 e. The zero-order valence-corrected chi connectivity index (χ0v) is 28.6. The number of ketones is 2. The number of carbonyl (C=O) groups is 2. The zero-order chi connectivity index (χ0) is 33.8. The van der Waals surface area contributed by atoms with Crippen molar-refractivity contribution in [3.8, 4) is 11.1 Å². The Bertz CT molecular complexity index is 1780. The Kier molecular flexibility index (Phi) is 7.38. The fourth-order valence-corrected chi connectivity index (χ4v) is 12.8. The second-order valence-corrected chi connectivity index (χ2v) is 18.2. The summed E-state index contributed by atoms with van der Waals surface area (Å²) in [7, 11) is -9.19. The van der Waals surface area contributed by atoms with Crippen LogP contribution in [0.25, 0.3) is 23.3 Å². The van der Waals surface area contributed by atoms with E-state index in [0.29, 0.717) is 24.0 Å². The summed E-state index contributed by atoms with van der Waals surface area (Å²) in [5.41, 5.74) is 0.968. The summed E-state index contributed by atoms with van der Waals surface area (Å²) in [6, 6.07) is 15.4. The van der Waals surface area contributed by atoms with Crippen molar-refractivity contribution >= 4 is 44.0 Å². The van der Waals surface area contributed by atoms with Crippen LogP contribution in [-0.4, -0.2) is 49.0 Å². The SMILES string of the molecule is CC1CC2(CS(=O)(=O)[O-])C(=O)/C(=C\c3ccc(-c4ccc(/C=C5/C(=O)C6(CS(=O)(=O)[O-])CC(C)C5C6(C)C)cc4)cc3)C1C2(C)C. The van der Waals surface area contributed by atoms with Crippen molar-refractivity contribution < 1.29 is 35.5 Å². The van der Waals surface area contributed by atoms with Crippen molar-refractivity contribution in [3.05, 3.63) is 70.8 Å². The lowest BCUT2D eigenvalue weighted by Crippen LogP contribution is -2.42. The Morgan fingerprint density at radius 3 is 1.22 bits per heavy atom. The Morgan fingerprint density at radius 1 is 0.630 bits per heavy atom. The number of Topliss-reactive ketones (excluding diaryl/α,β-unsaturated/α-hetero) is 2. The normalized spacial score (nSPS) is 34.7. The molecule has 6 rings (SSSR count). The Morgan fingerprint density at radius 2 is 0.935 bits per heavy atom. The van der Waals surface area contributed by atoms with Crippen molar-refractivity contribution in [1.82, 2.24) is 0 Å². The third kappa shape index (κ3) is 4.81. The van der Waals surface area contributed by atoms with E-state index in [-0.39, 0.29) is 35.2 Å². The highest BCUT2D eigenvalue weighted by Gasteiger charge is 2.70. The predicted octanol–water partition coefficient (Wildman–Crippen LogP) is 5.71. The van der Waals surface area contributed by atoms with Gasteiger partial charge < -0.3 is 9.11 Å². The molecule has 10 heteroatoms. The molecule has 6 atom stereocenters. The van der Waals surface area contributed by atoms with E-state index in [1.165, 1.54) is 0 Å². The van der Waals surface area contributed by atoms with Crippen LogP contribution in [0.1, 0.15) is 65.5 Å². The van der Waals surface area contributed by atoms with Gasteiger partial charge in [-0.1, -0.05) is 90.1 Å². The Balaban J connectivity index is 1.25. The molecule has 6 unspecified atom stereocenters. The molecule has 0 saturated heterocycles.